The van der Waals surface area contributed by atoms with Crippen molar-refractivity contribution in [2.75, 3.05) is 12.4 Å². The smallest absolute Gasteiger partial charge is 0.226 e. The predicted molar refractivity (Wildman–Crippen MR) is 107 cm³/mol. The molecule has 7 heteroatoms. The lowest BCUT2D eigenvalue weighted by molar-refractivity contribution is -0.116. The summed E-state index contributed by atoms with van der Waals surface area (Å²) in [5.74, 6) is 1.50. The summed E-state index contributed by atoms with van der Waals surface area (Å²) in [6, 6.07) is 14.5. The number of rotatable bonds is 3. The van der Waals surface area contributed by atoms with Gasteiger partial charge in [0.05, 0.1) is 7.11 Å². The van der Waals surface area contributed by atoms with E-state index in [1.54, 1.807) is 23.9 Å². The Labute approximate surface area is 167 Å². The second-order valence-corrected chi connectivity index (χ2v) is 7.31. The number of phenolic OH excluding ortho intramolecular Hbond substituents is 1. The predicted octanol–water partition coefficient (Wildman–Crippen LogP) is 3.41. The minimum Gasteiger partial charge on any atom is -0.508 e. The highest BCUT2D eigenvalue weighted by molar-refractivity contribution is 6.00. The van der Waals surface area contributed by atoms with E-state index in [1.165, 1.54) is 6.33 Å². The van der Waals surface area contributed by atoms with Crippen molar-refractivity contribution < 1.29 is 14.6 Å². The Morgan fingerprint density at radius 2 is 2.03 bits per heavy atom. The van der Waals surface area contributed by atoms with Gasteiger partial charge in [-0.2, -0.15) is 10.1 Å². The molecular formula is C22H20N4O3. The van der Waals surface area contributed by atoms with Crippen LogP contribution in [0.4, 0.5) is 5.95 Å². The average molecular weight is 388 g/mol. The van der Waals surface area contributed by atoms with E-state index in [2.05, 4.69) is 15.4 Å². The zero-order chi connectivity index (χ0) is 20.0. The molecule has 0 unspecified atom stereocenters. The van der Waals surface area contributed by atoms with Crippen LogP contribution in [-0.2, 0) is 4.79 Å². The first-order valence-electron chi connectivity index (χ1n) is 9.50. The number of carbonyl (C=O) groups excluding carboxylic acids is 1. The molecule has 5 rings (SSSR count). The van der Waals surface area contributed by atoms with Crippen molar-refractivity contribution >= 4 is 11.7 Å². The van der Waals surface area contributed by atoms with Crippen LogP contribution in [0.2, 0.25) is 0 Å². The topological polar surface area (TPSA) is 89.3 Å². The number of nitrogens with one attached hydrogen (secondary N) is 1. The Morgan fingerprint density at radius 3 is 2.86 bits per heavy atom. The van der Waals surface area contributed by atoms with Crippen molar-refractivity contribution in [1.29, 1.82) is 0 Å². The van der Waals surface area contributed by atoms with Crippen LogP contribution in [0.3, 0.4) is 0 Å². The lowest BCUT2D eigenvalue weighted by Gasteiger charge is -2.35. The Balaban J connectivity index is 1.61. The number of Topliss-reactive ketones (excluding diaryl/α,β-unsaturated/α-hetero) is 1. The number of benzene rings is 2. The summed E-state index contributed by atoms with van der Waals surface area (Å²) in [7, 11) is 1.62. The van der Waals surface area contributed by atoms with Gasteiger partial charge in [-0.05, 0) is 35.7 Å². The molecule has 0 bridgehead atoms. The fourth-order valence-electron chi connectivity index (χ4n) is 4.32. The van der Waals surface area contributed by atoms with Crippen LogP contribution in [0.1, 0.15) is 35.9 Å². The highest BCUT2D eigenvalue weighted by Crippen LogP contribution is 2.45. The van der Waals surface area contributed by atoms with Crippen molar-refractivity contribution in [2.24, 2.45) is 0 Å². The first-order chi connectivity index (χ1) is 14.2. The highest BCUT2D eigenvalue weighted by atomic mass is 16.5. The number of ether oxygens (including phenoxy) is 1. The van der Waals surface area contributed by atoms with E-state index < -0.39 is 0 Å². The van der Waals surface area contributed by atoms with Crippen molar-refractivity contribution in [2.45, 2.75) is 24.8 Å². The van der Waals surface area contributed by atoms with E-state index in [0.717, 1.165) is 22.6 Å². The van der Waals surface area contributed by atoms with Crippen LogP contribution in [-0.4, -0.2) is 32.8 Å². The molecule has 0 fully saturated rings. The number of anilines is 1. The van der Waals surface area contributed by atoms with Crippen LogP contribution < -0.4 is 10.1 Å². The summed E-state index contributed by atoms with van der Waals surface area (Å²) in [5.41, 5.74) is 3.24. The molecular weight excluding hydrogens is 368 g/mol. The fraction of sp³-hybridized carbons (Fsp3) is 0.227. The molecule has 2 aromatic carbocycles. The summed E-state index contributed by atoms with van der Waals surface area (Å²) >= 11 is 0. The zero-order valence-electron chi connectivity index (χ0n) is 15.9. The third-order valence-corrected chi connectivity index (χ3v) is 5.65. The first-order valence-corrected chi connectivity index (χ1v) is 9.50. The molecule has 0 amide bonds. The number of aromatic nitrogens is 3. The van der Waals surface area contributed by atoms with Crippen LogP contribution in [0.15, 0.2) is 66.1 Å². The van der Waals surface area contributed by atoms with E-state index in [9.17, 15) is 9.90 Å². The molecule has 146 valence electrons. The number of ketones is 1. The molecule has 1 aromatic heterocycles. The van der Waals surface area contributed by atoms with Crippen molar-refractivity contribution in [3.63, 3.8) is 0 Å². The van der Waals surface area contributed by atoms with Gasteiger partial charge in [0, 0.05) is 23.6 Å². The van der Waals surface area contributed by atoms with Crippen LogP contribution in [0.5, 0.6) is 11.5 Å². The van der Waals surface area contributed by atoms with Crippen LogP contribution in [0.25, 0.3) is 0 Å². The third-order valence-electron chi connectivity index (χ3n) is 5.65. The summed E-state index contributed by atoms with van der Waals surface area (Å²) < 4.78 is 7.12. The lowest BCUT2D eigenvalue weighted by atomic mass is 9.77. The molecule has 0 radical (unpaired) electrons. The van der Waals surface area contributed by atoms with E-state index in [-0.39, 0.29) is 23.5 Å². The SMILES string of the molecule is COc1cccc([C@@H]2C3=C(C[C@H](c4ccccc4O)CC3=O)Nc3ncnn32)c1. The second-order valence-electron chi connectivity index (χ2n) is 7.31. The van der Waals surface area contributed by atoms with Gasteiger partial charge in [-0.15, -0.1) is 0 Å². The molecule has 2 heterocycles. The third kappa shape index (κ3) is 2.86. The fourth-order valence-corrected chi connectivity index (χ4v) is 4.32. The summed E-state index contributed by atoms with van der Waals surface area (Å²) in [6.45, 7) is 0. The number of hydrogen-bond donors (Lipinski definition) is 2. The standard InChI is InChI=1S/C22H20N4O3/c1-29-15-6-4-5-13(9-15)21-20-17(25-22-23-12-24-26(21)22)10-14(11-19(20)28)16-7-2-3-8-18(16)27/h2-9,12,14,21,27H,10-11H2,1H3,(H,23,24,25)/t14-,21+/m0/s1. The Kier molecular flexibility index (Phi) is 4.08. The minimum atomic E-state index is -0.364. The second kappa shape index (κ2) is 6.77. The van der Waals surface area contributed by atoms with Crippen molar-refractivity contribution in [3.8, 4) is 11.5 Å². The number of allylic oxidation sites excluding steroid dienone is 2. The monoisotopic (exact) mass is 388 g/mol. The van der Waals surface area contributed by atoms with Gasteiger partial charge in [0.25, 0.3) is 0 Å². The molecule has 3 aromatic rings. The lowest BCUT2D eigenvalue weighted by Crippen LogP contribution is -2.33. The number of phenols is 1. The molecule has 0 spiro atoms. The van der Waals surface area contributed by atoms with Gasteiger partial charge in [-0.25, -0.2) is 4.68 Å². The van der Waals surface area contributed by atoms with Gasteiger partial charge < -0.3 is 15.2 Å². The van der Waals surface area contributed by atoms with Gasteiger partial charge in [-0.1, -0.05) is 30.3 Å². The number of para-hydroxylation sites is 1. The summed E-state index contributed by atoms with van der Waals surface area (Å²) in [4.78, 5) is 17.6. The molecule has 2 aliphatic rings. The highest BCUT2D eigenvalue weighted by Gasteiger charge is 2.39. The van der Waals surface area contributed by atoms with Crippen LogP contribution in [0, 0.1) is 0 Å². The largest absolute Gasteiger partial charge is 0.508 e. The van der Waals surface area contributed by atoms with Crippen molar-refractivity contribution in [3.05, 3.63) is 77.3 Å². The zero-order valence-corrected chi connectivity index (χ0v) is 15.9. The number of carbonyl (C=O) groups is 1. The van der Waals surface area contributed by atoms with E-state index in [1.807, 2.05) is 36.4 Å². The minimum absolute atomic E-state index is 0.0426. The maximum Gasteiger partial charge on any atom is 0.226 e. The van der Waals surface area contributed by atoms with Gasteiger partial charge in [0.1, 0.15) is 23.9 Å². The summed E-state index contributed by atoms with van der Waals surface area (Å²) in [5, 5.41) is 17.9. The molecule has 0 saturated heterocycles. The Morgan fingerprint density at radius 1 is 1.17 bits per heavy atom. The van der Waals surface area contributed by atoms with Gasteiger partial charge >= 0.3 is 0 Å². The molecule has 7 nitrogen and oxygen atoms in total. The van der Waals surface area contributed by atoms with E-state index in [0.29, 0.717) is 24.4 Å². The van der Waals surface area contributed by atoms with Crippen LogP contribution >= 0.6 is 0 Å². The van der Waals surface area contributed by atoms with Gasteiger partial charge in [0.15, 0.2) is 5.78 Å². The number of aromatic hydroxyl groups is 1. The molecule has 1 aliphatic carbocycles. The summed E-state index contributed by atoms with van der Waals surface area (Å²) in [6.07, 6.45) is 2.44. The maximum atomic E-state index is 13.3. The number of nitrogens with zero attached hydrogens (tertiary/aromatic N) is 3. The van der Waals surface area contributed by atoms with Gasteiger partial charge in [-0.3, -0.25) is 4.79 Å². The molecule has 2 N–H and O–H groups in total. The molecule has 1 aliphatic heterocycles. The van der Waals surface area contributed by atoms with E-state index in [4.69, 9.17) is 4.74 Å². The average Bonchev–Trinajstić information content (AvgIpc) is 3.20. The molecule has 2 atom stereocenters. The number of methoxy groups -OCH3 is 1. The molecule has 29 heavy (non-hydrogen) atoms. The number of fused-ring (bicyclic) bond motifs is 1. The quantitative estimate of drug-likeness (QED) is 0.715. The van der Waals surface area contributed by atoms with Gasteiger partial charge in [0.2, 0.25) is 5.95 Å². The maximum absolute atomic E-state index is 13.3. The van der Waals surface area contributed by atoms with Crippen molar-refractivity contribution in [1.82, 2.24) is 14.8 Å². The Bertz CT molecular complexity index is 1130. The first kappa shape index (κ1) is 17.5. The number of hydrogen-bond acceptors (Lipinski definition) is 6. The van der Waals surface area contributed by atoms with E-state index >= 15 is 0 Å². The Hall–Kier alpha value is -3.61. The molecule has 0 saturated carbocycles. The normalized spacial score (nSPS) is 20.7.